The Kier molecular flexibility index (Phi) is 4.67. The highest BCUT2D eigenvalue weighted by Gasteiger charge is 2.17. The molecule has 0 aliphatic carbocycles. The molecule has 5 N–H and O–H groups in total. The normalized spacial score (nSPS) is 11.8. The standard InChI is InChI=1S/C16H16N8O2/c1-9(8-25)24(18)16-21-7-11(14(17)26)15(23-16)22-10-2-3-12-13(6-10)20-5-4-19-12/h2-9H,18H2,1H3,(H2,17,26)(H,21,22,23). The van der Waals surface area contributed by atoms with E-state index in [0.29, 0.717) is 17.5 Å². The van der Waals surface area contributed by atoms with Gasteiger partial charge in [0.1, 0.15) is 23.7 Å². The summed E-state index contributed by atoms with van der Waals surface area (Å²) in [4.78, 5) is 39.2. The largest absolute Gasteiger partial charge is 0.365 e. The molecule has 3 rings (SSSR count). The number of aromatic nitrogens is 4. The Balaban J connectivity index is 2.00. The van der Waals surface area contributed by atoms with Gasteiger partial charge in [0.25, 0.3) is 5.91 Å². The van der Waals surface area contributed by atoms with Crippen molar-refractivity contribution in [1.29, 1.82) is 0 Å². The highest BCUT2D eigenvalue weighted by Crippen LogP contribution is 2.22. The number of nitrogens with one attached hydrogen (secondary N) is 1. The van der Waals surface area contributed by atoms with Gasteiger partial charge >= 0.3 is 0 Å². The number of amides is 1. The van der Waals surface area contributed by atoms with Gasteiger partial charge in [-0.1, -0.05) is 0 Å². The van der Waals surface area contributed by atoms with Crippen LogP contribution in [0.25, 0.3) is 11.0 Å². The van der Waals surface area contributed by atoms with Crippen molar-refractivity contribution in [3.63, 3.8) is 0 Å². The number of anilines is 3. The minimum absolute atomic E-state index is 0.0673. The maximum atomic E-state index is 11.7. The Morgan fingerprint density at radius 3 is 2.65 bits per heavy atom. The van der Waals surface area contributed by atoms with Crippen molar-refractivity contribution < 1.29 is 9.59 Å². The number of hydrazine groups is 1. The van der Waals surface area contributed by atoms with Crippen LogP contribution in [0.2, 0.25) is 0 Å². The van der Waals surface area contributed by atoms with Crippen LogP contribution in [0.5, 0.6) is 0 Å². The van der Waals surface area contributed by atoms with Gasteiger partial charge in [-0.2, -0.15) is 4.98 Å². The predicted molar refractivity (Wildman–Crippen MR) is 95.6 cm³/mol. The summed E-state index contributed by atoms with van der Waals surface area (Å²) in [6.07, 6.45) is 5.09. The van der Waals surface area contributed by atoms with Crippen molar-refractivity contribution >= 4 is 40.7 Å². The number of benzene rings is 1. The summed E-state index contributed by atoms with van der Waals surface area (Å²) >= 11 is 0. The van der Waals surface area contributed by atoms with E-state index in [1.807, 2.05) is 0 Å². The highest BCUT2D eigenvalue weighted by molar-refractivity contribution is 5.98. The molecule has 0 bridgehead atoms. The van der Waals surface area contributed by atoms with Crippen molar-refractivity contribution in [3.05, 3.63) is 42.4 Å². The van der Waals surface area contributed by atoms with E-state index in [-0.39, 0.29) is 17.3 Å². The van der Waals surface area contributed by atoms with Crippen LogP contribution in [-0.4, -0.2) is 38.2 Å². The topological polar surface area (TPSA) is 153 Å². The first-order valence-electron chi connectivity index (χ1n) is 7.63. The monoisotopic (exact) mass is 352 g/mol. The van der Waals surface area contributed by atoms with E-state index < -0.39 is 11.9 Å². The number of carbonyl (C=O) groups is 2. The number of hydrogen-bond acceptors (Lipinski definition) is 9. The van der Waals surface area contributed by atoms with Crippen molar-refractivity contribution in [1.82, 2.24) is 19.9 Å². The summed E-state index contributed by atoms with van der Waals surface area (Å²) in [6, 6.07) is 4.65. The van der Waals surface area contributed by atoms with Gasteiger partial charge in [-0.15, -0.1) is 0 Å². The van der Waals surface area contributed by atoms with E-state index in [1.165, 1.54) is 6.20 Å². The first kappa shape index (κ1) is 17.2. The van der Waals surface area contributed by atoms with Crippen molar-refractivity contribution in [2.24, 2.45) is 11.6 Å². The summed E-state index contributed by atoms with van der Waals surface area (Å²) in [7, 11) is 0. The maximum absolute atomic E-state index is 11.7. The lowest BCUT2D eigenvalue weighted by Crippen LogP contribution is -2.41. The molecular formula is C16H16N8O2. The Morgan fingerprint density at radius 2 is 1.96 bits per heavy atom. The molecule has 1 amide bonds. The van der Waals surface area contributed by atoms with Crippen molar-refractivity contribution in [3.8, 4) is 0 Å². The number of nitrogens with two attached hydrogens (primary N) is 2. The molecule has 0 radical (unpaired) electrons. The van der Waals surface area contributed by atoms with Gasteiger partial charge in [0.15, 0.2) is 0 Å². The average Bonchev–Trinajstić information content (AvgIpc) is 2.66. The minimum Gasteiger partial charge on any atom is -0.365 e. The number of hydrogen-bond donors (Lipinski definition) is 3. The number of fused-ring (bicyclic) bond motifs is 1. The second-order valence-corrected chi connectivity index (χ2v) is 5.47. The minimum atomic E-state index is -0.702. The first-order valence-corrected chi connectivity index (χ1v) is 7.63. The van der Waals surface area contributed by atoms with Crippen LogP contribution >= 0.6 is 0 Å². The molecule has 0 fully saturated rings. The zero-order chi connectivity index (χ0) is 18.7. The molecule has 1 unspecified atom stereocenters. The molecule has 3 aromatic rings. The summed E-state index contributed by atoms with van der Waals surface area (Å²) in [5, 5.41) is 4.10. The fraction of sp³-hybridized carbons (Fsp3) is 0.125. The zero-order valence-corrected chi connectivity index (χ0v) is 13.8. The Bertz CT molecular complexity index is 977. The van der Waals surface area contributed by atoms with Gasteiger partial charge in [0.2, 0.25) is 5.95 Å². The van der Waals surface area contributed by atoms with Crippen LogP contribution < -0.4 is 21.9 Å². The fourth-order valence-electron chi connectivity index (χ4n) is 2.20. The molecular weight excluding hydrogens is 336 g/mol. The molecule has 0 saturated heterocycles. The lowest BCUT2D eigenvalue weighted by molar-refractivity contribution is -0.108. The van der Waals surface area contributed by atoms with E-state index >= 15 is 0 Å². The smallest absolute Gasteiger partial charge is 0.254 e. The zero-order valence-electron chi connectivity index (χ0n) is 13.8. The summed E-state index contributed by atoms with van der Waals surface area (Å²) in [5.41, 5.74) is 7.49. The van der Waals surface area contributed by atoms with Crippen LogP contribution in [0.15, 0.2) is 36.8 Å². The Hall–Kier alpha value is -3.66. The number of nitrogens with zero attached hydrogens (tertiary/aromatic N) is 5. The van der Waals surface area contributed by atoms with Crippen LogP contribution in [0.3, 0.4) is 0 Å². The number of rotatable bonds is 6. The molecule has 0 aliphatic heterocycles. The molecule has 26 heavy (non-hydrogen) atoms. The summed E-state index contributed by atoms with van der Waals surface area (Å²) in [5.74, 6) is 5.36. The third-order valence-corrected chi connectivity index (χ3v) is 3.64. The third-order valence-electron chi connectivity index (χ3n) is 3.64. The SMILES string of the molecule is CC(C=O)N(N)c1ncc(C(N)=O)c(Nc2ccc3nccnc3c2)n1. The quantitative estimate of drug-likeness (QED) is 0.327. The van der Waals surface area contributed by atoms with E-state index in [9.17, 15) is 9.59 Å². The predicted octanol–water partition coefficient (Wildman–Crippen LogP) is 0.530. The highest BCUT2D eigenvalue weighted by atomic mass is 16.1. The molecule has 2 aromatic heterocycles. The Labute approximate surface area is 148 Å². The molecule has 10 nitrogen and oxygen atoms in total. The van der Waals surface area contributed by atoms with E-state index in [4.69, 9.17) is 11.6 Å². The Morgan fingerprint density at radius 1 is 1.23 bits per heavy atom. The van der Waals surface area contributed by atoms with E-state index in [0.717, 1.165) is 10.5 Å². The van der Waals surface area contributed by atoms with E-state index in [2.05, 4.69) is 25.3 Å². The molecule has 1 aromatic carbocycles. The van der Waals surface area contributed by atoms with Gasteiger partial charge in [-0.25, -0.2) is 10.8 Å². The van der Waals surface area contributed by atoms with Gasteiger partial charge in [0, 0.05) is 24.3 Å². The average molecular weight is 352 g/mol. The number of aldehydes is 1. The van der Waals surface area contributed by atoms with Crippen LogP contribution in [0.1, 0.15) is 17.3 Å². The van der Waals surface area contributed by atoms with Crippen molar-refractivity contribution in [2.45, 2.75) is 13.0 Å². The first-order chi connectivity index (χ1) is 12.5. The van der Waals surface area contributed by atoms with Crippen molar-refractivity contribution in [2.75, 3.05) is 10.3 Å². The molecule has 0 aliphatic rings. The molecule has 1 atom stereocenters. The molecule has 0 saturated carbocycles. The van der Waals surface area contributed by atoms with Gasteiger partial charge < -0.3 is 15.8 Å². The summed E-state index contributed by atoms with van der Waals surface area (Å²) < 4.78 is 0. The molecule has 2 heterocycles. The number of primary amides is 1. The second-order valence-electron chi connectivity index (χ2n) is 5.47. The molecule has 0 spiro atoms. The van der Waals surface area contributed by atoms with Crippen LogP contribution in [-0.2, 0) is 4.79 Å². The maximum Gasteiger partial charge on any atom is 0.254 e. The summed E-state index contributed by atoms with van der Waals surface area (Å²) in [6.45, 7) is 1.59. The lowest BCUT2D eigenvalue weighted by atomic mass is 10.2. The fourth-order valence-corrected chi connectivity index (χ4v) is 2.20. The van der Waals surface area contributed by atoms with Gasteiger partial charge in [0.05, 0.1) is 11.0 Å². The molecule has 132 valence electrons. The van der Waals surface area contributed by atoms with Gasteiger partial charge in [-0.05, 0) is 25.1 Å². The van der Waals surface area contributed by atoms with Crippen LogP contribution in [0, 0.1) is 0 Å². The van der Waals surface area contributed by atoms with E-state index in [1.54, 1.807) is 37.5 Å². The number of carbonyl (C=O) groups excluding carboxylic acids is 2. The van der Waals surface area contributed by atoms with Crippen LogP contribution in [0.4, 0.5) is 17.5 Å². The van der Waals surface area contributed by atoms with Gasteiger partial charge in [-0.3, -0.25) is 19.8 Å². The third kappa shape index (κ3) is 3.39. The molecule has 10 heteroatoms. The lowest BCUT2D eigenvalue weighted by Gasteiger charge is -2.20. The second kappa shape index (κ2) is 7.07.